The molecule has 2 aliphatic rings. The second-order valence-corrected chi connectivity index (χ2v) is 12.1. The molecule has 1 aliphatic heterocycles. The molecule has 0 spiro atoms. The van der Waals surface area contributed by atoms with Crippen LogP contribution in [0.4, 0.5) is 23.4 Å². The topological polar surface area (TPSA) is 107 Å². The number of thiazole rings is 1. The van der Waals surface area contributed by atoms with E-state index in [-0.39, 0.29) is 33.0 Å². The number of carbonyl (C=O) groups excluding carboxylic acids is 2. The third-order valence-electron chi connectivity index (χ3n) is 7.34. The summed E-state index contributed by atoms with van der Waals surface area (Å²) in [7, 11) is 0. The zero-order valence-corrected chi connectivity index (χ0v) is 23.2. The number of halogens is 4. The van der Waals surface area contributed by atoms with Crippen molar-refractivity contribution in [3.8, 4) is 10.4 Å². The quantitative estimate of drug-likeness (QED) is 0.361. The molecule has 1 saturated heterocycles. The molecule has 4 rings (SSSR count). The molecule has 2 fully saturated rings. The number of anilines is 1. The van der Waals surface area contributed by atoms with Crippen molar-refractivity contribution in [2.45, 2.75) is 90.0 Å². The summed E-state index contributed by atoms with van der Waals surface area (Å²) < 4.78 is 56.8. The number of alkyl halides is 4. The first-order chi connectivity index (χ1) is 18.1. The van der Waals surface area contributed by atoms with E-state index in [9.17, 15) is 32.3 Å². The smallest absolute Gasteiger partial charge is 0.280 e. The van der Waals surface area contributed by atoms with Crippen molar-refractivity contribution in [3.63, 3.8) is 0 Å². The predicted molar refractivity (Wildman–Crippen MR) is 139 cm³/mol. The molecule has 39 heavy (non-hydrogen) atoms. The van der Waals surface area contributed by atoms with Crippen molar-refractivity contribution in [2.75, 3.05) is 11.9 Å². The molecule has 0 bridgehead atoms. The van der Waals surface area contributed by atoms with Crippen LogP contribution in [0.2, 0.25) is 0 Å². The molecule has 0 aromatic carbocycles. The molecule has 3 heterocycles. The second kappa shape index (κ2) is 10.6. The minimum atomic E-state index is -3.10. The average Bonchev–Trinajstić information content (AvgIpc) is 3.52. The zero-order chi connectivity index (χ0) is 28.9. The SMILES string of the molecule is C[C@H](Nc1cc(C(F)F)c(-c2sc(C(=O)N[C@@H](C)C(C)(C)O)nc2C(=O)N2CC(F)(F)C[C@@H]2C)cn1)C1CC1. The highest BCUT2D eigenvalue weighted by Crippen LogP contribution is 2.41. The Kier molecular flexibility index (Phi) is 7.96. The number of nitrogens with one attached hydrogen (secondary N) is 2. The molecule has 214 valence electrons. The molecule has 0 radical (unpaired) electrons. The van der Waals surface area contributed by atoms with Crippen molar-refractivity contribution in [1.29, 1.82) is 0 Å². The molecular weight excluding hydrogens is 538 g/mol. The van der Waals surface area contributed by atoms with Gasteiger partial charge in [-0.05, 0) is 59.4 Å². The minimum Gasteiger partial charge on any atom is -0.388 e. The lowest BCUT2D eigenvalue weighted by Gasteiger charge is -2.26. The van der Waals surface area contributed by atoms with Crippen molar-refractivity contribution < 1.29 is 32.3 Å². The average molecular weight is 572 g/mol. The van der Waals surface area contributed by atoms with Crippen LogP contribution in [0.15, 0.2) is 12.3 Å². The van der Waals surface area contributed by atoms with Crippen molar-refractivity contribution in [1.82, 2.24) is 20.2 Å². The van der Waals surface area contributed by atoms with Crippen LogP contribution in [-0.4, -0.2) is 68.0 Å². The van der Waals surface area contributed by atoms with Gasteiger partial charge in [0.15, 0.2) is 5.01 Å². The largest absolute Gasteiger partial charge is 0.388 e. The van der Waals surface area contributed by atoms with E-state index in [0.717, 1.165) is 17.7 Å². The summed E-state index contributed by atoms with van der Waals surface area (Å²) >= 11 is 0.694. The third-order valence-corrected chi connectivity index (χ3v) is 8.43. The van der Waals surface area contributed by atoms with E-state index in [1.54, 1.807) is 6.92 Å². The van der Waals surface area contributed by atoms with Crippen LogP contribution in [0.1, 0.15) is 86.2 Å². The van der Waals surface area contributed by atoms with E-state index in [1.807, 2.05) is 6.92 Å². The lowest BCUT2D eigenvalue weighted by Crippen LogP contribution is -2.47. The van der Waals surface area contributed by atoms with Gasteiger partial charge in [-0.1, -0.05) is 0 Å². The Hall–Kier alpha value is -2.80. The number of aromatic nitrogens is 2. The maximum absolute atomic E-state index is 14.3. The summed E-state index contributed by atoms with van der Waals surface area (Å²) in [4.78, 5) is 35.8. The first-order valence-electron chi connectivity index (χ1n) is 12.8. The Morgan fingerprint density at radius 2 is 1.92 bits per heavy atom. The number of hydrogen-bond donors (Lipinski definition) is 3. The third kappa shape index (κ3) is 6.51. The maximum Gasteiger partial charge on any atom is 0.280 e. The van der Waals surface area contributed by atoms with Gasteiger partial charge in [-0.2, -0.15) is 0 Å². The number of amides is 2. The van der Waals surface area contributed by atoms with Crippen LogP contribution in [0.5, 0.6) is 0 Å². The lowest BCUT2D eigenvalue weighted by atomic mass is 10.0. The number of hydrogen-bond acceptors (Lipinski definition) is 7. The van der Waals surface area contributed by atoms with Crippen LogP contribution < -0.4 is 10.6 Å². The fourth-order valence-corrected chi connectivity index (χ4v) is 5.46. The minimum absolute atomic E-state index is 0.0424. The van der Waals surface area contributed by atoms with Gasteiger partial charge in [-0.3, -0.25) is 9.59 Å². The summed E-state index contributed by atoms with van der Waals surface area (Å²) in [5.41, 5.74) is -2.19. The van der Waals surface area contributed by atoms with Gasteiger partial charge in [-0.25, -0.2) is 27.5 Å². The highest BCUT2D eigenvalue weighted by molar-refractivity contribution is 7.17. The fourth-order valence-electron chi connectivity index (χ4n) is 4.47. The Labute approximate surface area is 228 Å². The molecule has 8 nitrogen and oxygen atoms in total. The standard InChI is InChI=1S/C26H33F4N5O3S/c1-12-9-26(29,30)11-35(12)24(37)19-20(39-23(34-19)22(36)33-14(3)25(4,5)38)17-10-31-18(8-16(17)21(27)28)32-13(2)15-6-7-15/h8,10,12-15,21,38H,6-7,9,11H2,1-5H3,(H,31,32)(H,33,36)/t12-,13-,14-/m0/s1. The van der Waals surface area contributed by atoms with Gasteiger partial charge < -0.3 is 20.6 Å². The number of likely N-dealkylation sites (tertiary alicyclic amines) is 1. The first-order valence-corrected chi connectivity index (χ1v) is 13.7. The van der Waals surface area contributed by atoms with E-state index in [0.29, 0.717) is 17.3 Å². The monoisotopic (exact) mass is 571 g/mol. The molecule has 2 aromatic heterocycles. The number of pyridine rings is 1. The van der Waals surface area contributed by atoms with E-state index in [1.165, 1.54) is 33.0 Å². The number of rotatable bonds is 9. The van der Waals surface area contributed by atoms with Crippen LogP contribution in [0.3, 0.4) is 0 Å². The predicted octanol–water partition coefficient (Wildman–Crippen LogP) is 5.11. The number of aliphatic hydroxyl groups is 1. The number of nitrogens with zero attached hydrogens (tertiary/aromatic N) is 3. The highest BCUT2D eigenvalue weighted by Gasteiger charge is 2.46. The Balaban J connectivity index is 1.76. The van der Waals surface area contributed by atoms with Crippen LogP contribution in [-0.2, 0) is 0 Å². The van der Waals surface area contributed by atoms with E-state index >= 15 is 0 Å². The Morgan fingerprint density at radius 3 is 2.46 bits per heavy atom. The maximum atomic E-state index is 14.3. The molecule has 2 amide bonds. The molecular formula is C26H33F4N5O3S. The number of carbonyl (C=O) groups is 2. The van der Waals surface area contributed by atoms with Crippen LogP contribution in [0, 0.1) is 5.92 Å². The summed E-state index contributed by atoms with van der Waals surface area (Å²) in [6, 6.07) is -0.292. The van der Waals surface area contributed by atoms with Crippen LogP contribution >= 0.6 is 11.3 Å². The van der Waals surface area contributed by atoms with Crippen molar-refractivity contribution >= 4 is 29.0 Å². The van der Waals surface area contributed by atoms with Gasteiger partial charge in [0.2, 0.25) is 0 Å². The Bertz CT molecular complexity index is 1240. The van der Waals surface area contributed by atoms with Gasteiger partial charge in [0.1, 0.15) is 11.5 Å². The van der Waals surface area contributed by atoms with E-state index < -0.39 is 60.4 Å². The highest BCUT2D eigenvalue weighted by atomic mass is 32.1. The summed E-state index contributed by atoms with van der Waals surface area (Å²) in [6.45, 7) is 7.13. The van der Waals surface area contributed by atoms with Crippen molar-refractivity contribution in [3.05, 3.63) is 28.5 Å². The molecule has 2 aromatic rings. The second-order valence-electron chi connectivity index (χ2n) is 11.1. The van der Waals surface area contributed by atoms with E-state index in [4.69, 9.17) is 0 Å². The van der Waals surface area contributed by atoms with Gasteiger partial charge in [-0.15, -0.1) is 11.3 Å². The van der Waals surface area contributed by atoms with Gasteiger partial charge in [0, 0.05) is 35.8 Å². The van der Waals surface area contributed by atoms with E-state index in [2.05, 4.69) is 20.6 Å². The molecule has 0 unspecified atom stereocenters. The van der Waals surface area contributed by atoms with Crippen molar-refractivity contribution in [2.24, 2.45) is 5.92 Å². The molecule has 1 aliphatic carbocycles. The molecule has 1 saturated carbocycles. The lowest BCUT2D eigenvalue weighted by molar-refractivity contribution is 0.0118. The molecule has 3 atom stereocenters. The zero-order valence-electron chi connectivity index (χ0n) is 22.4. The fraction of sp³-hybridized carbons (Fsp3) is 0.615. The first kappa shape index (κ1) is 29.2. The van der Waals surface area contributed by atoms with Gasteiger partial charge in [0.05, 0.1) is 23.1 Å². The normalized spacial score (nSPS) is 20.7. The van der Waals surface area contributed by atoms with Crippen LogP contribution in [0.25, 0.3) is 10.4 Å². The molecule has 3 N–H and O–H groups in total. The summed E-state index contributed by atoms with van der Waals surface area (Å²) in [5, 5.41) is 15.7. The molecule has 13 heteroatoms. The summed E-state index contributed by atoms with van der Waals surface area (Å²) in [5.74, 6) is -4.03. The van der Waals surface area contributed by atoms with Gasteiger partial charge in [0.25, 0.3) is 24.2 Å². The summed E-state index contributed by atoms with van der Waals surface area (Å²) in [6.07, 6.45) is -0.210. The van der Waals surface area contributed by atoms with Gasteiger partial charge >= 0.3 is 0 Å². The Morgan fingerprint density at radius 1 is 1.26 bits per heavy atom.